The second-order valence-electron chi connectivity index (χ2n) is 10.1. The van der Waals surface area contributed by atoms with E-state index in [2.05, 4.69) is 10.4 Å². The number of nitrogens with one attached hydrogen (secondary N) is 1. The van der Waals surface area contributed by atoms with Gasteiger partial charge in [-0.2, -0.15) is 27.1 Å². The lowest BCUT2D eigenvalue weighted by atomic mass is 9.90. The van der Waals surface area contributed by atoms with Crippen LogP contribution in [-0.4, -0.2) is 56.2 Å². The molecule has 5 rings (SSSR count). The Labute approximate surface area is 233 Å². The molecule has 0 saturated carbocycles. The van der Waals surface area contributed by atoms with Gasteiger partial charge in [0.2, 0.25) is 5.91 Å². The van der Waals surface area contributed by atoms with Gasteiger partial charge in [-0.25, -0.2) is 18.3 Å². The Hall–Kier alpha value is -4.43. The molecule has 4 amide bonds. The van der Waals surface area contributed by atoms with Crippen LogP contribution >= 0.6 is 0 Å². The van der Waals surface area contributed by atoms with Crippen molar-refractivity contribution >= 4 is 17.8 Å². The Morgan fingerprint density at radius 2 is 1.83 bits per heavy atom. The number of imide groups is 1. The van der Waals surface area contributed by atoms with Crippen LogP contribution in [-0.2, 0) is 21.7 Å². The lowest BCUT2D eigenvalue weighted by Crippen LogP contribution is -2.51. The van der Waals surface area contributed by atoms with Crippen LogP contribution in [0.4, 0.5) is 35.5 Å². The number of carbonyl (C=O) groups is 3. The van der Waals surface area contributed by atoms with Crippen molar-refractivity contribution in [1.82, 2.24) is 24.9 Å². The van der Waals surface area contributed by atoms with E-state index in [-0.39, 0.29) is 22.3 Å². The molecule has 1 aliphatic heterocycles. The van der Waals surface area contributed by atoms with E-state index in [1.807, 2.05) is 0 Å². The predicted octanol–water partition coefficient (Wildman–Crippen LogP) is 5.23. The van der Waals surface area contributed by atoms with E-state index in [4.69, 9.17) is 0 Å². The highest BCUT2D eigenvalue weighted by molar-refractivity contribution is 6.10. The summed E-state index contributed by atoms with van der Waals surface area (Å²) in [6, 6.07) is 5.11. The fraction of sp³-hybridized carbons (Fsp3) is 0.333. The van der Waals surface area contributed by atoms with Gasteiger partial charge in [0, 0.05) is 24.7 Å². The third kappa shape index (κ3) is 5.07. The number of nitrogens with zero attached hydrogens (tertiary/aromatic N) is 4. The molecule has 15 heteroatoms. The van der Waals surface area contributed by atoms with E-state index in [0.29, 0.717) is 20.0 Å². The monoisotopic (exact) mass is 597 g/mol. The van der Waals surface area contributed by atoms with Gasteiger partial charge >= 0.3 is 18.8 Å². The summed E-state index contributed by atoms with van der Waals surface area (Å²) in [5.41, 5.74) is -1.10. The Morgan fingerprint density at radius 3 is 2.45 bits per heavy atom. The van der Waals surface area contributed by atoms with Crippen molar-refractivity contribution in [2.75, 3.05) is 6.54 Å². The van der Waals surface area contributed by atoms with Gasteiger partial charge in [-0.05, 0) is 47.4 Å². The van der Waals surface area contributed by atoms with Crippen LogP contribution in [0.15, 0.2) is 54.9 Å². The first-order chi connectivity index (χ1) is 19.7. The first kappa shape index (κ1) is 29.1. The maximum atomic E-state index is 15.3. The van der Waals surface area contributed by atoms with E-state index < -0.39 is 73.7 Å². The number of rotatable bonds is 7. The molecule has 2 aliphatic rings. The molecule has 8 nitrogen and oxygen atoms in total. The zero-order valence-corrected chi connectivity index (χ0v) is 21.7. The van der Waals surface area contributed by atoms with E-state index in [9.17, 15) is 40.7 Å². The Morgan fingerprint density at radius 1 is 1.14 bits per heavy atom. The minimum Gasteiger partial charge on any atom is -0.325 e. The minimum atomic E-state index is -4.86. The van der Waals surface area contributed by atoms with Gasteiger partial charge in [-0.1, -0.05) is 24.3 Å². The number of hydrogen-bond donors (Lipinski definition) is 1. The van der Waals surface area contributed by atoms with E-state index in [0.717, 1.165) is 31.5 Å². The average molecular weight is 597 g/mol. The maximum absolute atomic E-state index is 15.3. The number of urea groups is 1. The standard InChI is InChI=1S/C27H22F7N5O3/c1-14(27(32,33)34)37(11-15-2-5-18(28)6-3-15)22(40)13-38-23(41)26(36-25(38)42)9-21(29)19-8-16(4-7-20(19)26)17-10-35-39(12-17)24(30)31/h2-8,10,12,14,21,24H,9,11,13H2,1H3,(H,36,42)/t14-,21+,26-/m0/s1. The molecule has 1 aromatic heterocycles. The molecule has 42 heavy (non-hydrogen) atoms. The highest BCUT2D eigenvalue weighted by Crippen LogP contribution is 2.49. The van der Waals surface area contributed by atoms with Gasteiger partial charge in [0.15, 0.2) is 0 Å². The number of halogens is 7. The topological polar surface area (TPSA) is 87.5 Å². The van der Waals surface area contributed by atoms with Crippen LogP contribution in [0.1, 0.15) is 42.8 Å². The van der Waals surface area contributed by atoms with Crippen LogP contribution in [0.2, 0.25) is 0 Å². The second-order valence-corrected chi connectivity index (χ2v) is 10.1. The smallest absolute Gasteiger partial charge is 0.325 e. The van der Waals surface area contributed by atoms with Crippen LogP contribution in [0.5, 0.6) is 0 Å². The number of hydrogen-bond acceptors (Lipinski definition) is 4. The molecule has 2 aromatic carbocycles. The number of carbonyl (C=O) groups excluding carboxylic acids is 3. The zero-order valence-electron chi connectivity index (χ0n) is 21.7. The third-order valence-corrected chi connectivity index (χ3v) is 7.47. The van der Waals surface area contributed by atoms with Crippen molar-refractivity contribution in [3.8, 4) is 11.1 Å². The summed E-state index contributed by atoms with van der Waals surface area (Å²) in [5, 5.41) is 5.94. The first-order valence-corrected chi connectivity index (χ1v) is 12.6. The molecule has 1 N–H and O–H groups in total. The second kappa shape index (κ2) is 10.4. The van der Waals surface area contributed by atoms with Crippen molar-refractivity contribution < 1.29 is 45.1 Å². The predicted molar refractivity (Wildman–Crippen MR) is 132 cm³/mol. The van der Waals surface area contributed by atoms with Gasteiger partial charge in [0.25, 0.3) is 5.91 Å². The largest absolute Gasteiger partial charge is 0.408 e. The molecule has 1 saturated heterocycles. The summed E-state index contributed by atoms with van der Waals surface area (Å²) in [4.78, 5) is 40.5. The van der Waals surface area contributed by atoms with Crippen LogP contribution < -0.4 is 5.32 Å². The normalized spacial score (nSPS) is 20.8. The molecule has 1 fully saturated rings. The Bertz CT molecular complexity index is 1540. The van der Waals surface area contributed by atoms with Crippen molar-refractivity contribution in [3.05, 3.63) is 77.4 Å². The highest BCUT2D eigenvalue weighted by Gasteiger charge is 2.59. The fourth-order valence-electron chi connectivity index (χ4n) is 5.19. The Kier molecular flexibility index (Phi) is 7.23. The van der Waals surface area contributed by atoms with Gasteiger partial charge in [-0.15, -0.1) is 0 Å². The van der Waals surface area contributed by atoms with Crippen molar-refractivity contribution in [1.29, 1.82) is 0 Å². The number of amides is 4. The summed E-state index contributed by atoms with van der Waals surface area (Å²) < 4.78 is 95.8. The van der Waals surface area contributed by atoms with E-state index in [1.54, 1.807) is 0 Å². The summed E-state index contributed by atoms with van der Waals surface area (Å²) in [5.74, 6) is -2.88. The number of fused-ring (bicyclic) bond motifs is 2. The third-order valence-electron chi connectivity index (χ3n) is 7.47. The molecular formula is C27H22F7N5O3. The van der Waals surface area contributed by atoms with Gasteiger partial charge in [0.1, 0.15) is 30.1 Å². The van der Waals surface area contributed by atoms with Gasteiger partial charge < -0.3 is 10.2 Å². The molecule has 2 heterocycles. The molecule has 1 spiro atoms. The molecular weight excluding hydrogens is 575 g/mol. The van der Waals surface area contributed by atoms with Gasteiger partial charge in [0.05, 0.1) is 6.20 Å². The summed E-state index contributed by atoms with van der Waals surface area (Å²) in [6.07, 6.45) is -4.97. The molecule has 222 valence electrons. The van der Waals surface area contributed by atoms with Crippen LogP contribution in [0, 0.1) is 5.82 Å². The van der Waals surface area contributed by atoms with E-state index >= 15 is 4.39 Å². The number of aromatic nitrogens is 2. The lowest BCUT2D eigenvalue weighted by molar-refractivity contribution is -0.187. The summed E-state index contributed by atoms with van der Waals surface area (Å²) in [6.45, 7) is -3.81. The molecule has 0 unspecified atom stereocenters. The Balaban J connectivity index is 1.40. The fourth-order valence-corrected chi connectivity index (χ4v) is 5.19. The van der Waals surface area contributed by atoms with Crippen LogP contribution in [0.3, 0.4) is 0 Å². The molecule has 0 bridgehead atoms. The van der Waals surface area contributed by atoms with Crippen molar-refractivity contribution in [2.45, 2.75) is 50.4 Å². The highest BCUT2D eigenvalue weighted by atomic mass is 19.4. The average Bonchev–Trinajstić information content (AvgIpc) is 3.59. The minimum absolute atomic E-state index is 0.00255. The summed E-state index contributed by atoms with van der Waals surface area (Å²) in [7, 11) is 0. The molecule has 1 aliphatic carbocycles. The number of alkyl halides is 6. The van der Waals surface area contributed by atoms with Gasteiger partial charge in [-0.3, -0.25) is 14.5 Å². The molecule has 0 radical (unpaired) electrons. The SMILES string of the molecule is C[C@H](N(Cc1ccc(F)cc1)C(=O)CN1C(=O)N[C@]2(C[C@@H](F)c3cc(-c4cnn(C(F)F)c4)ccc32)C1=O)C(F)(F)F. The molecule has 3 atom stereocenters. The van der Waals surface area contributed by atoms with Crippen molar-refractivity contribution in [3.63, 3.8) is 0 Å². The zero-order chi connectivity index (χ0) is 30.6. The maximum Gasteiger partial charge on any atom is 0.408 e. The molecule has 3 aromatic rings. The quantitative estimate of drug-likeness (QED) is 0.299. The van der Waals surface area contributed by atoms with Crippen LogP contribution in [0.25, 0.3) is 11.1 Å². The lowest BCUT2D eigenvalue weighted by Gasteiger charge is -2.32. The summed E-state index contributed by atoms with van der Waals surface area (Å²) >= 11 is 0. The van der Waals surface area contributed by atoms with Crippen molar-refractivity contribution in [2.24, 2.45) is 0 Å². The van der Waals surface area contributed by atoms with E-state index in [1.165, 1.54) is 30.3 Å². The number of benzene rings is 2. The first-order valence-electron chi connectivity index (χ1n) is 12.6.